The van der Waals surface area contributed by atoms with E-state index in [2.05, 4.69) is 73.0 Å². The van der Waals surface area contributed by atoms with Crippen LogP contribution in [0.15, 0.2) is 43.2 Å². The second-order valence-corrected chi connectivity index (χ2v) is 9.46. The molecule has 7 heteroatoms. The van der Waals surface area contributed by atoms with Crippen LogP contribution in [-0.4, -0.2) is 10.5 Å². The second kappa shape index (κ2) is 9.56. The largest absolute Gasteiger partial charge is 0.184 e. The average Bonchev–Trinajstić information content (AvgIpc) is 2.73. The van der Waals surface area contributed by atoms with Gasteiger partial charge in [-0.2, -0.15) is 1.33 Å². The van der Waals surface area contributed by atoms with E-state index in [4.69, 9.17) is 11.6 Å². The molecule has 0 spiro atoms. The summed E-state index contributed by atoms with van der Waals surface area (Å²) in [5.74, 6) is 0. The van der Waals surface area contributed by atoms with Gasteiger partial charge in [0, 0.05) is 57.3 Å². The summed E-state index contributed by atoms with van der Waals surface area (Å²) in [4.78, 5) is 0. The molecular formula is C13H14ClI2N3Pt. The summed E-state index contributed by atoms with van der Waals surface area (Å²) in [5, 5.41) is 0.794. The Kier molecular flexibility index (Phi) is 8.90. The van der Waals surface area contributed by atoms with Crippen LogP contribution in [0.1, 0.15) is 5.56 Å². The predicted octanol–water partition coefficient (Wildman–Crippen LogP) is 4.85. The van der Waals surface area contributed by atoms with Crippen LogP contribution in [0.2, 0.25) is 5.02 Å². The molecule has 0 aliphatic heterocycles. The van der Waals surface area contributed by atoms with Gasteiger partial charge in [-0.15, -0.1) is 0 Å². The Morgan fingerprint density at radius 3 is 2.25 bits per heavy atom. The van der Waals surface area contributed by atoms with Crippen LogP contribution in [0.4, 0.5) is 0 Å². The van der Waals surface area contributed by atoms with E-state index in [1.165, 1.54) is 5.56 Å². The Bertz CT molecular complexity index is 605. The maximum atomic E-state index is 5.73. The zero-order chi connectivity index (χ0) is 15.1. The average molecular weight is 697 g/mol. The van der Waals surface area contributed by atoms with Crippen molar-refractivity contribution < 1.29 is 19.4 Å². The fourth-order valence-electron chi connectivity index (χ4n) is 1.33. The van der Waals surface area contributed by atoms with Gasteiger partial charge in [0.2, 0.25) is 0 Å². The van der Waals surface area contributed by atoms with Gasteiger partial charge < -0.3 is 0 Å². The number of benzene rings is 1. The molecule has 0 aliphatic rings. The summed E-state index contributed by atoms with van der Waals surface area (Å²) in [5.41, 5.74) is 1.28. The summed E-state index contributed by atoms with van der Waals surface area (Å²) >= 11 is 12.5. The van der Waals surface area contributed by atoms with Gasteiger partial charge in [0.05, 0.1) is 0 Å². The number of hydrogen-bond donors (Lipinski definition) is 0. The molecule has 0 saturated carbocycles. The minimum atomic E-state index is 0.794. The van der Waals surface area contributed by atoms with Crippen molar-refractivity contribution in [2.24, 2.45) is 7.05 Å². The van der Waals surface area contributed by atoms with Crippen molar-refractivity contribution in [3.05, 3.63) is 57.6 Å². The van der Waals surface area contributed by atoms with E-state index < -0.39 is 0 Å². The molecule has 0 aliphatic carbocycles. The molecule has 2 rings (SSSR count). The van der Waals surface area contributed by atoms with Crippen LogP contribution in [0.5, 0.6) is 0 Å². The SMILES string of the molecule is C=Cn1ccn(C)[c]1=[Pt].Clc1ccc(CN(I)I)cc1. The van der Waals surface area contributed by atoms with E-state index in [9.17, 15) is 0 Å². The normalized spacial score (nSPS) is 10.2. The number of hydrogen-bond acceptors (Lipinski definition) is 1. The van der Waals surface area contributed by atoms with Crippen molar-refractivity contribution in [1.29, 1.82) is 0 Å². The quantitative estimate of drug-likeness (QED) is 0.331. The van der Waals surface area contributed by atoms with Gasteiger partial charge in [0.25, 0.3) is 0 Å². The number of halogens is 3. The third kappa shape index (κ3) is 6.56. The van der Waals surface area contributed by atoms with Gasteiger partial charge in [0.15, 0.2) is 0 Å². The Morgan fingerprint density at radius 1 is 1.30 bits per heavy atom. The molecule has 2 aromatic rings. The smallest absolute Gasteiger partial charge is 0.0435 e. The minimum absolute atomic E-state index is 0.794. The first-order valence-electron chi connectivity index (χ1n) is 5.59. The van der Waals surface area contributed by atoms with Crippen molar-refractivity contribution in [2.75, 3.05) is 0 Å². The molecule has 0 fully saturated rings. The van der Waals surface area contributed by atoms with E-state index in [0.29, 0.717) is 0 Å². The van der Waals surface area contributed by atoms with Gasteiger partial charge in [-0.25, -0.2) is 0 Å². The Hall–Kier alpha value is 0.568. The first-order valence-corrected chi connectivity index (χ1v) is 9.03. The molecule has 3 nitrogen and oxygen atoms in total. The topological polar surface area (TPSA) is 13.1 Å². The van der Waals surface area contributed by atoms with E-state index in [-0.39, 0.29) is 0 Å². The fraction of sp³-hybridized carbons (Fsp3) is 0.154. The third-order valence-corrected chi connectivity index (χ3v) is 4.65. The van der Waals surface area contributed by atoms with E-state index in [1.807, 2.05) is 52.8 Å². The third-order valence-electron chi connectivity index (χ3n) is 2.33. The van der Waals surface area contributed by atoms with Gasteiger partial charge in [0.1, 0.15) is 0 Å². The first kappa shape index (κ1) is 18.6. The standard InChI is InChI=1S/C7H6ClI2N.C6H8N2.Pt/c8-7-3-1-6(2-4-7)5-11(9)10;1-3-8-5-4-7(2)6-8;/h1-4H,5H2;3-5H,1H2,2H3;. The number of aromatic nitrogens is 2. The maximum Gasteiger partial charge on any atom is 0.0435 e. The fourth-order valence-corrected chi connectivity index (χ4v) is 2.79. The van der Waals surface area contributed by atoms with Crippen molar-refractivity contribution >= 4 is 63.5 Å². The molecule has 112 valence electrons. The van der Waals surface area contributed by atoms with Crippen LogP contribution in [0.25, 0.3) is 6.20 Å². The zero-order valence-corrected chi connectivity index (χ0v) is 18.1. The summed E-state index contributed by atoms with van der Waals surface area (Å²) in [6.45, 7) is 4.59. The second-order valence-electron chi connectivity index (χ2n) is 3.83. The first-order chi connectivity index (χ1) is 9.43. The van der Waals surface area contributed by atoms with Gasteiger partial charge in [-0.3, -0.25) is 0 Å². The van der Waals surface area contributed by atoms with Gasteiger partial charge in [-0.05, 0) is 17.7 Å². The Labute approximate surface area is 163 Å². The van der Waals surface area contributed by atoms with E-state index in [1.54, 1.807) is 6.20 Å². The predicted molar refractivity (Wildman–Crippen MR) is 98.1 cm³/mol. The number of nitrogens with zero attached hydrogens (tertiary/aromatic N) is 3. The molecule has 0 bridgehead atoms. The molecule has 0 radical (unpaired) electrons. The van der Waals surface area contributed by atoms with Crippen molar-refractivity contribution in [3.63, 3.8) is 0 Å². The van der Waals surface area contributed by atoms with Crippen molar-refractivity contribution in [2.45, 2.75) is 6.54 Å². The molecular weight excluding hydrogens is 683 g/mol. The summed E-state index contributed by atoms with van der Waals surface area (Å²) in [7, 11) is 2.00. The van der Waals surface area contributed by atoms with Crippen LogP contribution >= 0.6 is 57.3 Å². The molecule has 0 amide bonds. The minimum Gasteiger partial charge on any atom is -0.184 e. The molecule has 0 N–H and O–H groups in total. The van der Waals surface area contributed by atoms with Crippen molar-refractivity contribution in [1.82, 2.24) is 10.5 Å². The van der Waals surface area contributed by atoms with E-state index in [0.717, 1.165) is 15.4 Å². The van der Waals surface area contributed by atoms with Crippen LogP contribution in [0, 0.1) is 3.80 Å². The number of rotatable bonds is 3. The summed E-state index contributed by atoms with van der Waals surface area (Å²) in [6, 6.07) is 7.89. The summed E-state index contributed by atoms with van der Waals surface area (Å²) in [6.07, 6.45) is 5.74. The molecule has 20 heavy (non-hydrogen) atoms. The zero-order valence-electron chi connectivity index (χ0n) is 10.7. The van der Waals surface area contributed by atoms with Crippen LogP contribution in [0.3, 0.4) is 0 Å². The van der Waals surface area contributed by atoms with Gasteiger partial charge >= 0.3 is 64.5 Å². The molecule has 0 atom stereocenters. The monoisotopic (exact) mass is 696 g/mol. The Balaban J connectivity index is 0.000000204. The molecule has 0 saturated heterocycles. The summed E-state index contributed by atoms with van der Waals surface area (Å²) < 4.78 is 7.22. The number of aryl methyl sites for hydroxylation is 1. The Morgan fingerprint density at radius 2 is 1.90 bits per heavy atom. The van der Waals surface area contributed by atoms with Gasteiger partial charge in [-0.1, -0.05) is 23.7 Å². The van der Waals surface area contributed by atoms with E-state index >= 15 is 0 Å². The van der Waals surface area contributed by atoms with Crippen LogP contribution < -0.4 is 0 Å². The number of imidazole rings is 1. The van der Waals surface area contributed by atoms with Crippen LogP contribution in [-0.2, 0) is 32.9 Å². The molecule has 1 aromatic heterocycles. The molecule has 1 heterocycles. The van der Waals surface area contributed by atoms with Crippen molar-refractivity contribution in [3.8, 4) is 0 Å². The molecule has 0 unspecified atom stereocenters. The maximum absolute atomic E-state index is 5.73. The molecule has 1 aromatic carbocycles.